The smallest absolute Gasteiger partial charge is 0.162 e. The molecule has 1 aliphatic rings. The average Bonchev–Trinajstić information content (AvgIpc) is 2.81. The number of aromatic hydroxyl groups is 1. The highest BCUT2D eigenvalue weighted by molar-refractivity contribution is 5.99. The minimum atomic E-state index is -0.625. The van der Waals surface area contributed by atoms with E-state index in [2.05, 4.69) is 27.1 Å². The Bertz CT molecular complexity index is 1170. The number of ether oxygens (including phenoxy) is 2. The molecule has 182 valence electrons. The Balaban J connectivity index is 1.50. The third-order valence-corrected chi connectivity index (χ3v) is 6.19. The predicted octanol–water partition coefficient (Wildman–Crippen LogP) is 3.74. The van der Waals surface area contributed by atoms with Gasteiger partial charge in [-0.1, -0.05) is 0 Å². The van der Waals surface area contributed by atoms with Gasteiger partial charge in [0.25, 0.3) is 0 Å². The van der Waals surface area contributed by atoms with Gasteiger partial charge in [0.1, 0.15) is 5.75 Å². The number of aryl methyl sites for hydroxylation is 1. The van der Waals surface area contributed by atoms with Crippen LogP contribution in [0.4, 0.5) is 21.5 Å². The maximum absolute atomic E-state index is 14.5. The van der Waals surface area contributed by atoms with E-state index in [1.165, 1.54) is 19.4 Å². The maximum Gasteiger partial charge on any atom is 0.162 e. The number of hydrogen-bond acceptors (Lipinski definition) is 8. The molecule has 2 heterocycles. The molecule has 9 heteroatoms. The molecule has 3 aromatic rings. The molecular formula is C25H32FN5O3. The summed E-state index contributed by atoms with van der Waals surface area (Å²) >= 11 is 0. The molecule has 0 spiro atoms. The fourth-order valence-corrected chi connectivity index (χ4v) is 4.12. The summed E-state index contributed by atoms with van der Waals surface area (Å²) < 4.78 is 25.7. The topological polar surface area (TPSA) is 96.1 Å². The summed E-state index contributed by atoms with van der Waals surface area (Å²) in [5.74, 6) is 0.0268. The zero-order valence-electron chi connectivity index (χ0n) is 19.9. The van der Waals surface area contributed by atoms with E-state index in [4.69, 9.17) is 15.2 Å². The molecule has 34 heavy (non-hydrogen) atoms. The Morgan fingerprint density at radius 2 is 1.91 bits per heavy atom. The average molecular weight is 470 g/mol. The van der Waals surface area contributed by atoms with Gasteiger partial charge in [-0.15, -0.1) is 0 Å². The number of nitrogen functional groups attached to an aromatic ring is 1. The molecule has 0 saturated carbocycles. The molecule has 1 fully saturated rings. The fourth-order valence-electron chi connectivity index (χ4n) is 4.12. The van der Waals surface area contributed by atoms with Crippen LogP contribution >= 0.6 is 0 Å². The van der Waals surface area contributed by atoms with E-state index in [1.807, 2.05) is 19.1 Å². The van der Waals surface area contributed by atoms with E-state index in [0.717, 1.165) is 61.9 Å². The number of nitrogens with zero attached hydrogens (tertiary/aromatic N) is 3. The van der Waals surface area contributed by atoms with Gasteiger partial charge < -0.3 is 35.4 Å². The zero-order valence-corrected chi connectivity index (χ0v) is 19.9. The molecule has 0 atom stereocenters. The van der Waals surface area contributed by atoms with Crippen LogP contribution < -0.4 is 20.5 Å². The van der Waals surface area contributed by atoms with Gasteiger partial charge in [-0.3, -0.25) is 4.98 Å². The van der Waals surface area contributed by atoms with E-state index < -0.39 is 5.82 Å². The fraction of sp³-hybridized carbons (Fsp3) is 0.400. The zero-order chi connectivity index (χ0) is 24.2. The number of rotatable bonds is 8. The van der Waals surface area contributed by atoms with Crippen LogP contribution in [0.3, 0.4) is 0 Å². The molecular weight excluding hydrogens is 437 g/mol. The van der Waals surface area contributed by atoms with Crippen molar-refractivity contribution in [3.63, 3.8) is 0 Å². The lowest BCUT2D eigenvalue weighted by Gasteiger charge is -2.32. The highest BCUT2D eigenvalue weighted by atomic mass is 19.1. The van der Waals surface area contributed by atoms with E-state index in [9.17, 15) is 9.50 Å². The minimum absolute atomic E-state index is 0.135. The highest BCUT2D eigenvalue weighted by Gasteiger charge is 2.16. The number of hydrogen-bond donors (Lipinski definition) is 3. The molecule has 4 N–H and O–H groups in total. The van der Waals surface area contributed by atoms with E-state index in [-0.39, 0.29) is 17.2 Å². The van der Waals surface area contributed by atoms with E-state index in [1.54, 1.807) is 0 Å². The van der Waals surface area contributed by atoms with Crippen molar-refractivity contribution in [2.45, 2.75) is 13.3 Å². The van der Waals surface area contributed by atoms with Crippen LogP contribution in [0, 0.1) is 12.7 Å². The summed E-state index contributed by atoms with van der Waals surface area (Å²) in [6, 6.07) is 6.21. The van der Waals surface area contributed by atoms with Crippen molar-refractivity contribution >= 4 is 28.0 Å². The van der Waals surface area contributed by atoms with Crippen molar-refractivity contribution in [2.24, 2.45) is 0 Å². The number of nitrogens with one attached hydrogen (secondary N) is 1. The lowest BCUT2D eigenvalue weighted by molar-refractivity contribution is 0.145. The standard InChI is InChI=1S/C25H32FN5O3/c1-16-11-17-20(13-23(16)34-10-4-5-31-8-6-30(2)7-9-31)28-15-19(27)25(17)29-21-14-24(33-3)22(32)12-18(21)26/h11-15,32H,4-10,27H2,1-3H3,(H,28,29). The van der Waals surface area contributed by atoms with Crippen molar-refractivity contribution in [2.75, 3.05) is 64.5 Å². The van der Waals surface area contributed by atoms with Gasteiger partial charge in [-0.2, -0.15) is 0 Å². The molecule has 4 rings (SSSR count). The number of methoxy groups -OCH3 is 1. The van der Waals surface area contributed by atoms with Crippen molar-refractivity contribution in [3.05, 3.63) is 41.8 Å². The molecule has 8 nitrogen and oxygen atoms in total. The van der Waals surface area contributed by atoms with Crippen LogP contribution in [0.2, 0.25) is 0 Å². The summed E-state index contributed by atoms with van der Waals surface area (Å²) in [6.45, 7) is 8.02. The minimum Gasteiger partial charge on any atom is -0.504 e. The monoisotopic (exact) mass is 469 g/mol. The van der Waals surface area contributed by atoms with Gasteiger partial charge in [0.15, 0.2) is 17.3 Å². The second-order valence-electron chi connectivity index (χ2n) is 8.70. The second-order valence-corrected chi connectivity index (χ2v) is 8.70. The van der Waals surface area contributed by atoms with E-state index in [0.29, 0.717) is 23.5 Å². The van der Waals surface area contributed by atoms with Crippen molar-refractivity contribution < 1.29 is 19.0 Å². The summed E-state index contributed by atoms with van der Waals surface area (Å²) in [5.41, 5.74) is 8.84. The van der Waals surface area contributed by atoms with Crippen LogP contribution in [0.15, 0.2) is 30.5 Å². The Labute approximate surface area is 199 Å². The number of benzene rings is 2. The summed E-state index contributed by atoms with van der Waals surface area (Å²) in [7, 11) is 3.56. The summed E-state index contributed by atoms with van der Waals surface area (Å²) in [5, 5.41) is 13.6. The van der Waals surface area contributed by atoms with Gasteiger partial charge in [-0.25, -0.2) is 4.39 Å². The molecule has 1 saturated heterocycles. The molecule has 1 aliphatic heterocycles. The number of fused-ring (bicyclic) bond motifs is 1. The van der Waals surface area contributed by atoms with Gasteiger partial charge in [0.05, 0.1) is 42.5 Å². The molecule has 2 aromatic carbocycles. The first kappa shape index (κ1) is 23.8. The third-order valence-electron chi connectivity index (χ3n) is 6.19. The molecule has 0 radical (unpaired) electrons. The van der Waals surface area contributed by atoms with Crippen LogP contribution in [-0.2, 0) is 0 Å². The lowest BCUT2D eigenvalue weighted by Crippen LogP contribution is -2.44. The number of aromatic nitrogens is 1. The lowest BCUT2D eigenvalue weighted by atomic mass is 10.1. The van der Waals surface area contributed by atoms with Crippen molar-refractivity contribution in [3.8, 4) is 17.2 Å². The van der Waals surface area contributed by atoms with Crippen LogP contribution in [0.5, 0.6) is 17.2 Å². The van der Waals surface area contributed by atoms with Crippen LogP contribution in [0.25, 0.3) is 10.9 Å². The van der Waals surface area contributed by atoms with Gasteiger partial charge in [0, 0.05) is 56.3 Å². The number of phenols is 1. The number of pyridine rings is 1. The summed E-state index contributed by atoms with van der Waals surface area (Å²) in [4.78, 5) is 9.26. The van der Waals surface area contributed by atoms with Crippen LogP contribution in [0.1, 0.15) is 12.0 Å². The first-order valence-corrected chi connectivity index (χ1v) is 11.4. The van der Waals surface area contributed by atoms with E-state index >= 15 is 0 Å². The van der Waals surface area contributed by atoms with Gasteiger partial charge >= 0.3 is 0 Å². The molecule has 0 amide bonds. The number of anilines is 3. The SMILES string of the molecule is COc1cc(Nc2c(N)cnc3cc(OCCCN4CCN(C)CC4)c(C)cc23)c(F)cc1O. The Kier molecular flexibility index (Phi) is 7.23. The van der Waals surface area contributed by atoms with Crippen LogP contribution in [-0.4, -0.2) is 73.4 Å². The normalized spacial score (nSPS) is 14.9. The first-order valence-electron chi connectivity index (χ1n) is 11.4. The number of piperazine rings is 1. The van der Waals surface area contributed by atoms with Crippen molar-refractivity contribution in [1.82, 2.24) is 14.8 Å². The number of nitrogens with two attached hydrogens (primary N) is 1. The first-order chi connectivity index (χ1) is 16.4. The Morgan fingerprint density at radius 1 is 1.15 bits per heavy atom. The maximum atomic E-state index is 14.5. The third kappa shape index (κ3) is 5.26. The van der Waals surface area contributed by atoms with Gasteiger partial charge in [-0.05, 0) is 32.0 Å². The molecule has 1 aromatic heterocycles. The quantitative estimate of drug-likeness (QED) is 0.339. The van der Waals surface area contributed by atoms with Gasteiger partial charge in [0.2, 0.25) is 0 Å². The largest absolute Gasteiger partial charge is 0.504 e. The number of likely N-dealkylation sites (N-methyl/N-ethyl adjacent to an activating group) is 1. The van der Waals surface area contributed by atoms with Crippen molar-refractivity contribution in [1.29, 1.82) is 0 Å². The molecule has 0 unspecified atom stereocenters. The predicted molar refractivity (Wildman–Crippen MR) is 133 cm³/mol. The molecule has 0 bridgehead atoms. The summed E-state index contributed by atoms with van der Waals surface area (Å²) in [6.07, 6.45) is 2.48. The number of phenolic OH excluding ortho intramolecular Hbond substituents is 1. The molecule has 0 aliphatic carbocycles. The second kappa shape index (κ2) is 10.3. The number of halogens is 1. The highest BCUT2D eigenvalue weighted by Crippen LogP contribution is 2.38. The Morgan fingerprint density at radius 3 is 2.65 bits per heavy atom. The Hall–Kier alpha value is -3.30.